The van der Waals surface area contributed by atoms with E-state index >= 15 is 0 Å². The number of anilines is 2. The summed E-state index contributed by atoms with van der Waals surface area (Å²) in [4.78, 5) is 8.68. The molecule has 4 aromatic rings. The molecule has 5 nitrogen and oxygen atoms in total. The van der Waals surface area contributed by atoms with Gasteiger partial charge in [-0.3, -0.25) is 0 Å². The first kappa shape index (κ1) is 15.3. The van der Waals surface area contributed by atoms with Crippen molar-refractivity contribution in [3.05, 3.63) is 71.9 Å². The van der Waals surface area contributed by atoms with E-state index in [1.807, 2.05) is 0 Å². The van der Waals surface area contributed by atoms with Crippen LogP contribution in [0.2, 0.25) is 0 Å². The van der Waals surface area contributed by atoms with Gasteiger partial charge in [-0.05, 0) is 61.4 Å². The molecule has 0 fully saturated rings. The second kappa shape index (κ2) is 5.98. The molecule has 0 saturated heterocycles. The topological polar surface area (TPSA) is 55.6 Å². The molecule has 0 atom stereocenters. The van der Waals surface area contributed by atoms with Crippen LogP contribution in [0.1, 0.15) is 11.1 Å². The van der Waals surface area contributed by atoms with Crippen molar-refractivity contribution in [1.82, 2.24) is 19.7 Å². The molecule has 0 spiro atoms. The van der Waals surface area contributed by atoms with E-state index in [1.54, 1.807) is 23.0 Å². The third-order valence-electron chi connectivity index (χ3n) is 3.92. The molecule has 4 rings (SSSR count). The third-order valence-corrected chi connectivity index (χ3v) is 3.92. The number of benzene rings is 2. The molecule has 2 aromatic heterocycles. The summed E-state index contributed by atoms with van der Waals surface area (Å²) in [6.45, 7) is 4.11. The zero-order valence-corrected chi connectivity index (χ0v) is 13.9. The summed E-state index contributed by atoms with van der Waals surface area (Å²) in [5.74, 6) is 0.355. The lowest BCUT2D eigenvalue weighted by atomic mass is 10.1. The summed E-state index contributed by atoms with van der Waals surface area (Å²) in [5.41, 5.74) is 4.75. The first-order valence-electron chi connectivity index (χ1n) is 7.90. The second-order valence-electron chi connectivity index (χ2n) is 5.99. The van der Waals surface area contributed by atoms with Crippen molar-refractivity contribution in [2.24, 2.45) is 0 Å². The third kappa shape index (κ3) is 2.94. The van der Waals surface area contributed by atoms with Crippen molar-refractivity contribution in [3.8, 4) is 5.69 Å². The standard InChI is InChI=1S/C19H16FN5/c1-12-7-13(2)9-16(8-12)25-19-17(10-23-25)18(21-11-22-19)24-15-5-3-14(20)4-6-15/h3-11H,1-2H3,(H,21,22,24). The van der Waals surface area contributed by atoms with Crippen LogP contribution in [-0.2, 0) is 0 Å². The number of hydrogen-bond donors (Lipinski definition) is 1. The summed E-state index contributed by atoms with van der Waals surface area (Å²) >= 11 is 0. The van der Waals surface area contributed by atoms with E-state index in [1.165, 1.54) is 18.5 Å². The number of nitrogens with zero attached hydrogens (tertiary/aromatic N) is 4. The second-order valence-corrected chi connectivity index (χ2v) is 5.99. The first-order valence-corrected chi connectivity index (χ1v) is 7.90. The number of hydrogen-bond acceptors (Lipinski definition) is 4. The Morgan fingerprint density at radius 2 is 1.68 bits per heavy atom. The zero-order valence-electron chi connectivity index (χ0n) is 13.9. The molecule has 2 heterocycles. The SMILES string of the molecule is Cc1cc(C)cc(-n2ncc3c(Nc4ccc(F)cc4)ncnc32)c1. The van der Waals surface area contributed by atoms with Crippen molar-refractivity contribution < 1.29 is 4.39 Å². The number of aryl methyl sites for hydroxylation is 2. The van der Waals surface area contributed by atoms with Gasteiger partial charge in [-0.15, -0.1) is 0 Å². The van der Waals surface area contributed by atoms with Crippen molar-refractivity contribution in [3.63, 3.8) is 0 Å². The minimum absolute atomic E-state index is 0.277. The van der Waals surface area contributed by atoms with Crippen LogP contribution < -0.4 is 5.32 Å². The molecule has 2 aromatic carbocycles. The maximum atomic E-state index is 13.1. The van der Waals surface area contributed by atoms with Gasteiger partial charge in [0.1, 0.15) is 18.0 Å². The molecule has 0 aliphatic rings. The van der Waals surface area contributed by atoms with Gasteiger partial charge >= 0.3 is 0 Å². The predicted molar refractivity (Wildman–Crippen MR) is 95.8 cm³/mol. The van der Waals surface area contributed by atoms with E-state index in [0.717, 1.165) is 27.9 Å². The average molecular weight is 333 g/mol. The molecule has 0 aliphatic heterocycles. The maximum absolute atomic E-state index is 13.1. The van der Waals surface area contributed by atoms with E-state index in [0.29, 0.717) is 11.5 Å². The van der Waals surface area contributed by atoms with Crippen LogP contribution in [0.15, 0.2) is 55.0 Å². The molecular formula is C19H16FN5. The molecule has 0 radical (unpaired) electrons. The van der Waals surface area contributed by atoms with Crippen molar-refractivity contribution in [2.75, 3.05) is 5.32 Å². The van der Waals surface area contributed by atoms with Gasteiger partial charge in [0.2, 0.25) is 0 Å². The summed E-state index contributed by atoms with van der Waals surface area (Å²) in [6, 6.07) is 12.4. The van der Waals surface area contributed by atoms with E-state index in [-0.39, 0.29) is 5.82 Å². The van der Waals surface area contributed by atoms with Gasteiger partial charge in [0.15, 0.2) is 5.65 Å². The van der Waals surface area contributed by atoms with Crippen molar-refractivity contribution in [1.29, 1.82) is 0 Å². The Hall–Kier alpha value is -3.28. The molecule has 6 heteroatoms. The molecule has 25 heavy (non-hydrogen) atoms. The van der Waals surface area contributed by atoms with Gasteiger partial charge in [-0.25, -0.2) is 19.0 Å². The molecule has 0 saturated carbocycles. The zero-order chi connectivity index (χ0) is 17.4. The fourth-order valence-electron chi connectivity index (χ4n) is 2.88. The van der Waals surface area contributed by atoms with E-state index in [2.05, 4.69) is 52.4 Å². The number of rotatable bonds is 3. The van der Waals surface area contributed by atoms with Crippen molar-refractivity contribution in [2.45, 2.75) is 13.8 Å². The fourth-order valence-corrected chi connectivity index (χ4v) is 2.88. The lowest BCUT2D eigenvalue weighted by molar-refractivity contribution is 0.628. The van der Waals surface area contributed by atoms with Gasteiger partial charge in [0.25, 0.3) is 0 Å². The smallest absolute Gasteiger partial charge is 0.168 e. The Kier molecular flexibility index (Phi) is 3.65. The average Bonchev–Trinajstić information content (AvgIpc) is 3.01. The van der Waals surface area contributed by atoms with Gasteiger partial charge in [-0.2, -0.15) is 5.10 Å². The lowest BCUT2D eigenvalue weighted by Gasteiger charge is -2.08. The minimum atomic E-state index is -0.277. The lowest BCUT2D eigenvalue weighted by Crippen LogP contribution is -2.00. The van der Waals surface area contributed by atoms with Crippen LogP contribution in [0.25, 0.3) is 16.7 Å². The molecule has 1 N–H and O–H groups in total. The van der Waals surface area contributed by atoms with E-state index < -0.39 is 0 Å². The number of nitrogens with one attached hydrogen (secondary N) is 1. The Balaban J connectivity index is 1.78. The summed E-state index contributed by atoms with van der Waals surface area (Å²) in [5, 5.41) is 8.47. The maximum Gasteiger partial charge on any atom is 0.168 e. The van der Waals surface area contributed by atoms with Crippen LogP contribution in [0, 0.1) is 19.7 Å². The highest BCUT2D eigenvalue weighted by atomic mass is 19.1. The van der Waals surface area contributed by atoms with Crippen LogP contribution in [-0.4, -0.2) is 19.7 Å². The summed E-state index contributed by atoms with van der Waals surface area (Å²) in [7, 11) is 0. The number of halogens is 1. The Morgan fingerprint density at radius 3 is 2.40 bits per heavy atom. The molecule has 0 aliphatic carbocycles. The van der Waals surface area contributed by atoms with Crippen LogP contribution in [0.4, 0.5) is 15.9 Å². The molecule has 0 bridgehead atoms. The Bertz CT molecular complexity index is 1030. The first-order chi connectivity index (χ1) is 12.1. The van der Waals surface area contributed by atoms with Gasteiger partial charge in [0, 0.05) is 5.69 Å². The highest BCUT2D eigenvalue weighted by Crippen LogP contribution is 2.25. The van der Waals surface area contributed by atoms with E-state index in [9.17, 15) is 4.39 Å². The summed E-state index contributed by atoms with van der Waals surface area (Å²) in [6.07, 6.45) is 3.23. The van der Waals surface area contributed by atoms with Crippen LogP contribution in [0.5, 0.6) is 0 Å². The van der Waals surface area contributed by atoms with Crippen molar-refractivity contribution >= 4 is 22.5 Å². The minimum Gasteiger partial charge on any atom is -0.340 e. The van der Waals surface area contributed by atoms with Crippen LogP contribution >= 0.6 is 0 Å². The molecule has 0 unspecified atom stereocenters. The fraction of sp³-hybridized carbons (Fsp3) is 0.105. The number of fused-ring (bicyclic) bond motifs is 1. The molecule has 0 amide bonds. The highest BCUT2D eigenvalue weighted by Gasteiger charge is 2.12. The van der Waals surface area contributed by atoms with E-state index in [4.69, 9.17) is 0 Å². The van der Waals surface area contributed by atoms with Gasteiger partial charge in [-0.1, -0.05) is 6.07 Å². The monoisotopic (exact) mass is 333 g/mol. The predicted octanol–water partition coefficient (Wildman–Crippen LogP) is 4.32. The van der Waals surface area contributed by atoms with Crippen LogP contribution in [0.3, 0.4) is 0 Å². The number of aromatic nitrogens is 4. The highest BCUT2D eigenvalue weighted by molar-refractivity contribution is 5.89. The largest absolute Gasteiger partial charge is 0.340 e. The van der Waals surface area contributed by atoms with Gasteiger partial charge < -0.3 is 5.32 Å². The molecular weight excluding hydrogens is 317 g/mol. The Morgan fingerprint density at radius 1 is 0.960 bits per heavy atom. The molecule has 124 valence electrons. The summed E-state index contributed by atoms with van der Waals surface area (Å²) < 4.78 is 14.9. The Labute approximate surface area is 144 Å². The van der Waals surface area contributed by atoms with Gasteiger partial charge in [0.05, 0.1) is 17.3 Å². The normalized spacial score (nSPS) is 11.0. The quantitative estimate of drug-likeness (QED) is 0.607.